The molecule has 0 aromatic heterocycles. The number of hydrogen-bond donors (Lipinski definition) is 1. The van der Waals surface area contributed by atoms with Crippen molar-refractivity contribution >= 4 is 29.3 Å². The summed E-state index contributed by atoms with van der Waals surface area (Å²) in [6.07, 6.45) is 1.50. The molecule has 1 amide bonds. The highest BCUT2D eigenvalue weighted by atomic mass is 35.5. The first-order valence-electron chi connectivity index (χ1n) is 9.12. The quantitative estimate of drug-likeness (QED) is 0.407. The molecule has 3 aromatic rings. The van der Waals surface area contributed by atoms with Crippen LogP contribution in [0.4, 0.5) is 5.69 Å². The van der Waals surface area contributed by atoms with Gasteiger partial charge >= 0.3 is 0 Å². The third-order valence-corrected chi connectivity index (χ3v) is 4.45. The van der Waals surface area contributed by atoms with Crippen molar-refractivity contribution in [2.45, 2.75) is 6.61 Å². The van der Waals surface area contributed by atoms with Crippen molar-refractivity contribution < 1.29 is 14.3 Å². The molecule has 5 nitrogen and oxygen atoms in total. The summed E-state index contributed by atoms with van der Waals surface area (Å²) >= 11 is 5.85. The number of methoxy groups -OCH3 is 1. The molecule has 0 aliphatic carbocycles. The monoisotopic (exact) mass is 418 g/mol. The van der Waals surface area contributed by atoms with Crippen LogP contribution < -0.4 is 14.8 Å². The summed E-state index contributed by atoms with van der Waals surface area (Å²) in [4.78, 5) is 12.5. The van der Waals surface area contributed by atoms with Crippen LogP contribution in [0.1, 0.15) is 11.1 Å². The molecule has 3 aromatic carbocycles. The number of amides is 1. The van der Waals surface area contributed by atoms with E-state index in [-0.39, 0.29) is 5.57 Å². The SMILES string of the molecule is COc1ccc(/C=C(\C#N)C(=O)Nc2ccc(Cl)cc2)cc1OCc1ccccc1. The standard InChI is InChI=1S/C24H19ClN2O3/c1-29-22-12-7-18(14-23(22)30-16-17-5-3-2-4-6-17)13-19(15-26)24(28)27-21-10-8-20(25)9-11-21/h2-14H,16H2,1H3,(H,27,28)/b19-13+. The average molecular weight is 419 g/mol. The number of nitriles is 1. The second-order valence-electron chi connectivity index (χ2n) is 6.32. The number of anilines is 1. The van der Waals surface area contributed by atoms with E-state index in [1.165, 1.54) is 6.08 Å². The molecule has 3 rings (SSSR count). The molecule has 0 radical (unpaired) electrons. The Kier molecular flexibility index (Phi) is 7.09. The number of rotatable bonds is 7. The molecule has 0 bridgehead atoms. The van der Waals surface area contributed by atoms with Gasteiger partial charge < -0.3 is 14.8 Å². The molecule has 0 unspecified atom stereocenters. The van der Waals surface area contributed by atoms with Crippen molar-refractivity contribution in [1.82, 2.24) is 0 Å². The second kappa shape index (κ2) is 10.1. The number of ether oxygens (including phenoxy) is 2. The van der Waals surface area contributed by atoms with E-state index in [2.05, 4.69) is 5.32 Å². The average Bonchev–Trinajstić information content (AvgIpc) is 2.78. The van der Waals surface area contributed by atoms with E-state index < -0.39 is 5.91 Å². The molecule has 0 atom stereocenters. The van der Waals surface area contributed by atoms with Gasteiger partial charge in [-0.2, -0.15) is 5.26 Å². The Morgan fingerprint density at radius 1 is 1.07 bits per heavy atom. The first-order chi connectivity index (χ1) is 14.6. The fraction of sp³-hybridized carbons (Fsp3) is 0.0833. The van der Waals surface area contributed by atoms with E-state index in [4.69, 9.17) is 21.1 Å². The highest BCUT2D eigenvalue weighted by molar-refractivity contribution is 6.30. The van der Waals surface area contributed by atoms with Crippen LogP contribution in [0.25, 0.3) is 6.08 Å². The fourth-order valence-electron chi connectivity index (χ4n) is 2.68. The molecule has 0 spiro atoms. The van der Waals surface area contributed by atoms with Gasteiger partial charge in [0.2, 0.25) is 0 Å². The summed E-state index contributed by atoms with van der Waals surface area (Å²) in [5, 5.41) is 12.7. The van der Waals surface area contributed by atoms with Crippen LogP contribution >= 0.6 is 11.6 Å². The third kappa shape index (κ3) is 5.63. The number of hydrogen-bond acceptors (Lipinski definition) is 4. The lowest BCUT2D eigenvalue weighted by molar-refractivity contribution is -0.112. The maximum absolute atomic E-state index is 12.5. The number of nitrogens with zero attached hydrogens (tertiary/aromatic N) is 1. The maximum Gasteiger partial charge on any atom is 0.266 e. The summed E-state index contributed by atoms with van der Waals surface area (Å²) in [5.74, 6) is 0.570. The molecule has 30 heavy (non-hydrogen) atoms. The van der Waals surface area contributed by atoms with Crippen molar-refractivity contribution in [3.05, 3.63) is 94.5 Å². The molecule has 0 heterocycles. The minimum Gasteiger partial charge on any atom is -0.493 e. The number of carbonyl (C=O) groups is 1. The Morgan fingerprint density at radius 3 is 2.47 bits per heavy atom. The molecule has 150 valence electrons. The molecule has 0 saturated heterocycles. The van der Waals surface area contributed by atoms with Gasteiger partial charge in [-0.15, -0.1) is 0 Å². The number of halogens is 1. The van der Waals surface area contributed by atoms with Crippen LogP contribution in [0.2, 0.25) is 5.02 Å². The van der Waals surface area contributed by atoms with Gasteiger partial charge in [0, 0.05) is 10.7 Å². The van der Waals surface area contributed by atoms with Crippen molar-refractivity contribution in [3.8, 4) is 17.6 Å². The zero-order valence-corrected chi connectivity index (χ0v) is 17.0. The molecular weight excluding hydrogens is 400 g/mol. The zero-order chi connectivity index (χ0) is 21.3. The zero-order valence-electron chi connectivity index (χ0n) is 16.3. The van der Waals surface area contributed by atoms with Crippen LogP contribution in [-0.4, -0.2) is 13.0 Å². The van der Waals surface area contributed by atoms with Crippen LogP contribution in [0, 0.1) is 11.3 Å². The summed E-state index contributed by atoms with van der Waals surface area (Å²) in [6, 6.07) is 23.5. The Morgan fingerprint density at radius 2 is 1.80 bits per heavy atom. The van der Waals surface area contributed by atoms with Crippen LogP contribution in [0.5, 0.6) is 11.5 Å². The van der Waals surface area contributed by atoms with E-state index in [1.807, 2.05) is 36.4 Å². The highest BCUT2D eigenvalue weighted by Crippen LogP contribution is 2.30. The first kappa shape index (κ1) is 21.0. The van der Waals surface area contributed by atoms with E-state index >= 15 is 0 Å². The minimum absolute atomic E-state index is 0.0378. The highest BCUT2D eigenvalue weighted by Gasteiger charge is 2.11. The van der Waals surface area contributed by atoms with E-state index in [9.17, 15) is 10.1 Å². The van der Waals surface area contributed by atoms with Gasteiger partial charge in [0.15, 0.2) is 11.5 Å². The van der Waals surface area contributed by atoms with Crippen molar-refractivity contribution in [3.63, 3.8) is 0 Å². The van der Waals surface area contributed by atoms with Gasteiger partial charge in [0.05, 0.1) is 7.11 Å². The second-order valence-corrected chi connectivity index (χ2v) is 6.75. The van der Waals surface area contributed by atoms with Gasteiger partial charge in [0.25, 0.3) is 5.91 Å². The lowest BCUT2D eigenvalue weighted by atomic mass is 10.1. The number of nitrogens with one attached hydrogen (secondary N) is 1. The van der Waals surface area contributed by atoms with E-state index in [1.54, 1.807) is 49.6 Å². The Hall–Kier alpha value is -3.75. The Labute approximate surface area is 180 Å². The molecule has 0 aliphatic rings. The van der Waals surface area contributed by atoms with Crippen LogP contribution in [0.15, 0.2) is 78.4 Å². The predicted octanol–water partition coefficient (Wildman–Crippen LogP) is 5.47. The number of benzene rings is 3. The fourth-order valence-corrected chi connectivity index (χ4v) is 2.80. The number of carbonyl (C=O) groups excluding carboxylic acids is 1. The maximum atomic E-state index is 12.5. The molecule has 1 N–H and O–H groups in total. The third-order valence-electron chi connectivity index (χ3n) is 4.20. The van der Waals surface area contributed by atoms with Crippen LogP contribution in [-0.2, 0) is 11.4 Å². The smallest absolute Gasteiger partial charge is 0.266 e. The lowest BCUT2D eigenvalue weighted by Gasteiger charge is -2.12. The summed E-state index contributed by atoms with van der Waals surface area (Å²) in [7, 11) is 1.56. The molecule has 0 aliphatic heterocycles. The largest absolute Gasteiger partial charge is 0.493 e. The summed E-state index contributed by atoms with van der Waals surface area (Å²) in [5.41, 5.74) is 2.17. The molecule has 0 fully saturated rings. The molecule has 6 heteroatoms. The topological polar surface area (TPSA) is 71.3 Å². The van der Waals surface area contributed by atoms with Gasteiger partial charge in [-0.1, -0.05) is 48.0 Å². The predicted molar refractivity (Wildman–Crippen MR) is 117 cm³/mol. The van der Waals surface area contributed by atoms with Crippen molar-refractivity contribution in [2.75, 3.05) is 12.4 Å². The summed E-state index contributed by atoms with van der Waals surface area (Å²) < 4.78 is 11.2. The normalized spacial score (nSPS) is 10.8. The van der Waals surface area contributed by atoms with E-state index in [0.29, 0.717) is 34.4 Å². The lowest BCUT2D eigenvalue weighted by Crippen LogP contribution is -2.13. The van der Waals surface area contributed by atoms with Crippen molar-refractivity contribution in [2.24, 2.45) is 0 Å². The van der Waals surface area contributed by atoms with Gasteiger partial charge in [-0.05, 0) is 53.6 Å². The van der Waals surface area contributed by atoms with Crippen molar-refractivity contribution in [1.29, 1.82) is 5.26 Å². The minimum atomic E-state index is -0.512. The van der Waals surface area contributed by atoms with Gasteiger partial charge in [0.1, 0.15) is 18.2 Å². The molecular formula is C24H19ClN2O3. The van der Waals surface area contributed by atoms with Gasteiger partial charge in [-0.25, -0.2) is 0 Å². The van der Waals surface area contributed by atoms with Crippen LogP contribution in [0.3, 0.4) is 0 Å². The van der Waals surface area contributed by atoms with Gasteiger partial charge in [-0.3, -0.25) is 4.79 Å². The molecule has 0 saturated carbocycles. The van der Waals surface area contributed by atoms with E-state index in [0.717, 1.165) is 5.56 Å². The first-order valence-corrected chi connectivity index (χ1v) is 9.50. The summed E-state index contributed by atoms with van der Waals surface area (Å²) in [6.45, 7) is 0.368. The Bertz CT molecular complexity index is 1090. The Balaban J connectivity index is 1.78.